The van der Waals surface area contributed by atoms with Gasteiger partial charge in [0.15, 0.2) is 0 Å². The van der Waals surface area contributed by atoms with Crippen molar-refractivity contribution in [2.24, 2.45) is 0 Å². The zero-order valence-corrected chi connectivity index (χ0v) is 13.9. The van der Waals surface area contributed by atoms with Crippen LogP contribution in [0.15, 0.2) is 34.4 Å². The van der Waals surface area contributed by atoms with E-state index in [0.29, 0.717) is 28.2 Å². The van der Waals surface area contributed by atoms with Crippen LogP contribution in [0.3, 0.4) is 0 Å². The first-order valence-corrected chi connectivity index (χ1v) is 8.47. The fourth-order valence-electron chi connectivity index (χ4n) is 2.83. The van der Waals surface area contributed by atoms with Gasteiger partial charge < -0.3 is 14.6 Å². The number of carbonyl (C=O) groups is 1. The van der Waals surface area contributed by atoms with E-state index in [0.717, 1.165) is 17.7 Å². The normalized spacial score (nSPS) is 12.9. The van der Waals surface area contributed by atoms with Crippen LogP contribution in [0.25, 0.3) is 10.2 Å². The molecule has 0 fully saturated rings. The second kappa shape index (κ2) is 5.76. The highest BCUT2D eigenvalue weighted by Gasteiger charge is 2.18. The maximum atomic E-state index is 12.6. The number of aromatic nitrogens is 2. The number of ether oxygens (including phenoxy) is 1. The fraction of sp³-hybridized carbons (Fsp3) is 0.235. The molecule has 0 saturated heterocycles. The number of thiophene rings is 1. The Hall–Kier alpha value is -2.67. The van der Waals surface area contributed by atoms with E-state index < -0.39 is 0 Å². The van der Waals surface area contributed by atoms with Gasteiger partial charge in [-0.1, -0.05) is 0 Å². The van der Waals surface area contributed by atoms with Crippen molar-refractivity contribution in [2.75, 3.05) is 13.7 Å². The van der Waals surface area contributed by atoms with Gasteiger partial charge in [-0.25, -0.2) is 4.98 Å². The van der Waals surface area contributed by atoms with Crippen molar-refractivity contribution in [3.63, 3.8) is 0 Å². The van der Waals surface area contributed by atoms with Crippen LogP contribution in [-0.4, -0.2) is 34.4 Å². The Morgan fingerprint density at radius 1 is 1.42 bits per heavy atom. The molecule has 1 aliphatic rings. The summed E-state index contributed by atoms with van der Waals surface area (Å²) in [5, 5.41) is 1.83. The minimum Gasteiger partial charge on any atom is -0.493 e. The second-order valence-corrected chi connectivity index (χ2v) is 6.65. The summed E-state index contributed by atoms with van der Waals surface area (Å²) in [5.74, 6) is 1.21. The number of nitrogens with zero attached hydrogens (tertiary/aromatic N) is 2. The second-order valence-electron chi connectivity index (χ2n) is 5.73. The highest BCUT2D eigenvalue weighted by molar-refractivity contribution is 7.17. The molecule has 4 rings (SSSR count). The fourth-order valence-corrected chi connectivity index (χ4v) is 3.56. The summed E-state index contributed by atoms with van der Waals surface area (Å²) in [7, 11) is 1.70. The van der Waals surface area contributed by atoms with Crippen LogP contribution in [0.1, 0.15) is 21.7 Å². The minimum atomic E-state index is -0.166. The number of amides is 1. The van der Waals surface area contributed by atoms with Gasteiger partial charge in [-0.3, -0.25) is 9.59 Å². The predicted molar refractivity (Wildman–Crippen MR) is 91.7 cm³/mol. The Morgan fingerprint density at radius 3 is 3.17 bits per heavy atom. The largest absolute Gasteiger partial charge is 0.493 e. The van der Waals surface area contributed by atoms with Crippen molar-refractivity contribution >= 4 is 27.5 Å². The average molecular weight is 341 g/mol. The molecule has 24 heavy (non-hydrogen) atoms. The molecule has 6 nitrogen and oxygen atoms in total. The van der Waals surface area contributed by atoms with Crippen LogP contribution in [-0.2, 0) is 13.0 Å². The first-order chi connectivity index (χ1) is 11.6. The number of hydrogen-bond donors (Lipinski definition) is 1. The molecular formula is C17H15N3O3S. The summed E-state index contributed by atoms with van der Waals surface area (Å²) in [6.45, 7) is 0.905. The molecule has 2 aromatic heterocycles. The standard InChI is InChI=1S/C17H15N3O3S/c1-20(9-14-18-12-5-7-24-15(12)16(21)19-14)17(22)11-2-3-13-10(8-11)4-6-23-13/h2-3,5,7-8H,4,6,9H2,1H3,(H,18,19,21). The molecule has 1 amide bonds. The van der Waals surface area contributed by atoms with Gasteiger partial charge in [-0.05, 0) is 35.2 Å². The van der Waals surface area contributed by atoms with Crippen LogP contribution in [0, 0.1) is 0 Å². The maximum absolute atomic E-state index is 12.6. The van der Waals surface area contributed by atoms with Crippen LogP contribution in [0.5, 0.6) is 5.75 Å². The molecule has 1 N–H and O–H groups in total. The van der Waals surface area contributed by atoms with E-state index in [1.54, 1.807) is 24.1 Å². The van der Waals surface area contributed by atoms with Crippen molar-refractivity contribution in [1.82, 2.24) is 14.9 Å². The van der Waals surface area contributed by atoms with Gasteiger partial charge in [0.1, 0.15) is 16.3 Å². The van der Waals surface area contributed by atoms with Crippen molar-refractivity contribution < 1.29 is 9.53 Å². The summed E-state index contributed by atoms with van der Waals surface area (Å²) in [5.41, 5.74) is 2.16. The van der Waals surface area contributed by atoms with Crippen LogP contribution < -0.4 is 10.3 Å². The third kappa shape index (κ3) is 2.56. The molecule has 0 unspecified atom stereocenters. The highest BCUT2D eigenvalue weighted by Crippen LogP contribution is 2.26. The van der Waals surface area contributed by atoms with Gasteiger partial charge in [0.2, 0.25) is 0 Å². The molecule has 1 aromatic carbocycles. The molecule has 3 aromatic rings. The number of carbonyl (C=O) groups excluding carboxylic acids is 1. The SMILES string of the molecule is CN(Cc1nc2ccsc2c(=O)[nH]1)C(=O)c1ccc2c(c1)CCO2. The molecule has 0 saturated carbocycles. The van der Waals surface area contributed by atoms with Crippen LogP contribution in [0.4, 0.5) is 0 Å². The molecule has 122 valence electrons. The molecular weight excluding hydrogens is 326 g/mol. The van der Waals surface area contributed by atoms with Crippen LogP contribution in [0.2, 0.25) is 0 Å². The lowest BCUT2D eigenvalue weighted by atomic mass is 10.1. The lowest BCUT2D eigenvalue weighted by Gasteiger charge is -2.17. The molecule has 3 heterocycles. The van der Waals surface area contributed by atoms with E-state index in [1.165, 1.54) is 11.3 Å². The Balaban J connectivity index is 1.57. The third-order valence-corrected chi connectivity index (χ3v) is 4.94. The van der Waals surface area contributed by atoms with Gasteiger partial charge in [0.05, 0.1) is 18.7 Å². The summed E-state index contributed by atoms with van der Waals surface area (Å²) < 4.78 is 6.07. The number of H-pyrrole nitrogens is 1. The number of rotatable bonds is 3. The zero-order valence-electron chi connectivity index (χ0n) is 13.0. The van der Waals surface area contributed by atoms with E-state index in [9.17, 15) is 9.59 Å². The smallest absolute Gasteiger partial charge is 0.268 e. The Kier molecular flexibility index (Phi) is 3.57. The van der Waals surface area contributed by atoms with Gasteiger partial charge >= 0.3 is 0 Å². The topological polar surface area (TPSA) is 75.3 Å². The van der Waals surface area contributed by atoms with Gasteiger partial charge in [0, 0.05) is 19.0 Å². The highest BCUT2D eigenvalue weighted by atomic mass is 32.1. The molecule has 1 aliphatic heterocycles. The number of benzene rings is 1. The molecule has 0 bridgehead atoms. The van der Waals surface area contributed by atoms with E-state index in [4.69, 9.17) is 4.74 Å². The summed E-state index contributed by atoms with van der Waals surface area (Å²) >= 11 is 1.36. The predicted octanol–water partition coefficient (Wildman–Crippen LogP) is 2.19. The number of nitrogens with one attached hydrogen (secondary N) is 1. The molecule has 0 radical (unpaired) electrons. The Bertz CT molecular complexity index is 992. The summed E-state index contributed by atoms with van der Waals surface area (Å²) in [6, 6.07) is 7.28. The van der Waals surface area contributed by atoms with E-state index >= 15 is 0 Å². The van der Waals surface area contributed by atoms with E-state index in [-0.39, 0.29) is 18.0 Å². The quantitative estimate of drug-likeness (QED) is 0.792. The Morgan fingerprint density at radius 2 is 2.29 bits per heavy atom. The minimum absolute atomic E-state index is 0.113. The molecule has 7 heteroatoms. The number of fused-ring (bicyclic) bond motifs is 2. The Labute approximate surface area is 141 Å². The van der Waals surface area contributed by atoms with E-state index in [1.807, 2.05) is 17.5 Å². The van der Waals surface area contributed by atoms with Crippen molar-refractivity contribution in [3.05, 3.63) is 57.0 Å². The molecule has 0 atom stereocenters. The first-order valence-electron chi connectivity index (χ1n) is 7.59. The summed E-state index contributed by atoms with van der Waals surface area (Å²) in [4.78, 5) is 33.3. The lowest BCUT2D eigenvalue weighted by molar-refractivity contribution is 0.0781. The average Bonchev–Trinajstić information content (AvgIpc) is 3.22. The monoisotopic (exact) mass is 341 g/mol. The first kappa shape index (κ1) is 14.9. The van der Waals surface area contributed by atoms with Gasteiger partial charge in [0.25, 0.3) is 11.5 Å². The van der Waals surface area contributed by atoms with Crippen molar-refractivity contribution in [3.8, 4) is 5.75 Å². The molecule has 0 aliphatic carbocycles. The zero-order chi connectivity index (χ0) is 16.7. The van der Waals surface area contributed by atoms with E-state index in [2.05, 4.69) is 9.97 Å². The number of hydrogen-bond acceptors (Lipinski definition) is 5. The van der Waals surface area contributed by atoms with Crippen LogP contribution >= 0.6 is 11.3 Å². The lowest BCUT2D eigenvalue weighted by Crippen LogP contribution is -2.28. The van der Waals surface area contributed by atoms with Crippen molar-refractivity contribution in [1.29, 1.82) is 0 Å². The van der Waals surface area contributed by atoms with Crippen molar-refractivity contribution in [2.45, 2.75) is 13.0 Å². The van der Waals surface area contributed by atoms with Gasteiger partial charge in [-0.2, -0.15) is 0 Å². The number of aromatic amines is 1. The molecule has 0 spiro atoms. The summed E-state index contributed by atoms with van der Waals surface area (Å²) in [6.07, 6.45) is 0.823. The third-order valence-electron chi connectivity index (χ3n) is 4.03. The maximum Gasteiger partial charge on any atom is 0.268 e. The van der Waals surface area contributed by atoms with Gasteiger partial charge in [-0.15, -0.1) is 11.3 Å².